The van der Waals surface area contributed by atoms with E-state index < -0.39 is 0 Å². The maximum absolute atomic E-state index is 12.0. The first-order valence-corrected chi connectivity index (χ1v) is 9.48. The number of thiocarbonyl (C=S) groups is 1. The minimum Gasteiger partial charge on any atom is -0.457 e. The fraction of sp³-hybridized carbons (Fsp3) is 0.0476. The van der Waals surface area contributed by atoms with Gasteiger partial charge in [0, 0.05) is 27.4 Å². The van der Waals surface area contributed by atoms with Crippen LogP contribution in [-0.4, -0.2) is 11.0 Å². The van der Waals surface area contributed by atoms with Gasteiger partial charge in [-0.2, -0.15) is 0 Å². The fourth-order valence-corrected chi connectivity index (χ4v) is 3.15. The van der Waals surface area contributed by atoms with Crippen LogP contribution in [0.4, 0.5) is 5.69 Å². The highest BCUT2D eigenvalue weighted by atomic mass is 35.5. The van der Waals surface area contributed by atoms with Crippen molar-refractivity contribution in [2.45, 2.75) is 6.92 Å². The molecule has 0 bridgehead atoms. The molecular formula is C21H16Cl2N2O2S. The van der Waals surface area contributed by atoms with Crippen molar-refractivity contribution >= 4 is 58.2 Å². The quantitative estimate of drug-likeness (QED) is 0.388. The van der Waals surface area contributed by atoms with E-state index in [1.165, 1.54) is 6.08 Å². The van der Waals surface area contributed by atoms with Gasteiger partial charge in [-0.05, 0) is 67.7 Å². The van der Waals surface area contributed by atoms with Crippen molar-refractivity contribution < 1.29 is 9.21 Å². The molecule has 2 aromatic carbocycles. The molecular weight excluding hydrogens is 415 g/mol. The molecule has 0 atom stereocenters. The molecule has 1 heterocycles. The molecule has 142 valence electrons. The summed E-state index contributed by atoms with van der Waals surface area (Å²) in [5, 5.41) is 6.79. The predicted octanol–water partition coefficient (Wildman–Crippen LogP) is 6.09. The van der Waals surface area contributed by atoms with Crippen LogP contribution in [0.25, 0.3) is 17.4 Å². The Morgan fingerprint density at radius 2 is 1.71 bits per heavy atom. The number of anilines is 1. The second-order valence-corrected chi connectivity index (χ2v) is 7.28. The molecule has 7 heteroatoms. The highest BCUT2D eigenvalue weighted by Gasteiger charge is 2.07. The number of carbonyl (C=O) groups is 1. The molecule has 1 aromatic heterocycles. The summed E-state index contributed by atoms with van der Waals surface area (Å²) in [7, 11) is 0. The van der Waals surface area contributed by atoms with Gasteiger partial charge in [-0.1, -0.05) is 40.9 Å². The van der Waals surface area contributed by atoms with E-state index in [-0.39, 0.29) is 11.0 Å². The molecule has 0 unspecified atom stereocenters. The van der Waals surface area contributed by atoms with E-state index in [9.17, 15) is 4.79 Å². The summed E-state index contributed by atoms with van der Waals surface area (Å²) in [6.07, 6.45) is 2.90. The van der Waals surface area contributed by atoms with Crippen LogP contribution in [-0.2, 0) is 4.79 Å². The van der Waals surface area contributed by atoms with Gasteiger partial charge in [0.05, 0.1) is 0 Å². The minimum atomic E-state index is -0.367. The molecule has 3 rings (SSSR count). The zero-order valence-electron chi connectivity index (χ0n) is 14.8. The van der Waals surface area contributed by atoms with Crippen LogP contribution in [0.15, 0.2) is 65.1 Å². The average Bonchev–Trinajstić information content (AvgIpc) is 3.10. The van der Waals surface area contributed by atoms with Crippen molar-refractivity contribution in [1.29, 1.82) is 0 Å². The average molecular weight is 431 g/mol. The first kappa shape index (κ1) is 20.1. The number of furan rings is 1. The molecule has 28 heavy (non-hydrogen) atoms. The molecule has 0 saturated carbocycles. The maximum Gasteiger partial charge on any atom is 0.250 e. The molecule has 0 spiro atoms. The minimum absolute atomic E-state index is 0.215. The molecule has 3 aromatic rings. The summed E-state index contributed by atoms with van der Waals surface area (Å²) in [6.45, 7) is 2.00. The smallest absolute Gasteiger partial charge is 0.250 e. The first-order chi connectivity index (χ1) is 13.4. The van der Waals surface area contributed by atoms with Crippen molar-refractivity contribution in [3.8, 4) is 11.3 Å². The SMILES string of the molecule is Cc1ccc(NC(=S)NC(=O)/C=C/c2ccc(-c3cc(Cl)cc(Cl)c3)o2)cc1. The number of halogens is 2. The molecule has 0 fully saturated rings. The van der Waals surface area contributed by atoms with Gasteiger partial charge in [0.2, 0.25) is 5.91 Å². The van der Waals surface area contributed by atoms with Gasteiger partial charge >= 0.3 is 0 Å². The lowest BCUT2D eigenvalue weighted by atomic mass is 10.2. The number of hydrogen-bond acceptors (Lipinski definition) is 3. The monoisotopic (exact) mass is 430 g/mol. The van der Waals surface area contributed by atoms with Crippen LogP contribution in [0.5, 0.6) is 0 Å². The zero-order valence-corrected chi connectivity index (χ0v) is 17.2. The molecule has 0 saturated heterocycles. The lowest BCUT2D eigenvalue weighted by molar-refractivity contribution is -0.115. The second kappa shape index (κ2) is 9.06. The van der Waals surface area contributed by atoms with Crippen molar-refractivity contribution in [3.05, 3.63) is 82.0 Å². The summed E-state index contributed by atoms with van der Waals surface area (Å²) >= 11 is 17.2. The fourth-order valence-electron chi connectivity index (χ4n) is 2.40. The van der Waals surface area contributed by atoms with Crippen LogP contribution < -0.4 is 10.6 Å². The summed E-state index contributed by atoms with van der Waals surface area (Å²) < 4.78 is 5.71. The second-order valence-electron chi connectivity index (χ2n) is 6.00. The third-order valence-electron chi connectivity index (χ3n) is 3.72. The van der Waals surface area contributed by atoms with Crippen LogP contribution in [0.3, 0.4) is 0 Å². The lowest BCUT2D eigenvalue weighted by Crippen LogP contribution is -2.32. The number of carbonyl (C=O) groups excluding carboxylic acids is 1. The van der Waals surface area contributed by atoms with Gasteiger partial charge in [-0.15, -0.1) is 0 Å². The maximum atomic E-state index is 12.0. The van der Waals surface area contributed by atoms with E-state index in [0.29, 0.717) is 21.6 Å². The molecule has 0 aliphatic carbocycles. The Kier molecular flexibility index (Phi) is 6.52. The largest absolute Gasteiger partial charge is 0.457 e. The molecule has 1 amide bonds. The van der Waals surface area contributed by atoms with Crippen molar-refractivity contribution in [1.82, 2.24) is 5.32 Å². The standard InChI is InChI=1S/C21H16Cl2N2O2S/c1-13-2-4-17(5-3-13)24-21(28)25-20(26)9-7-18-6-8-19(27-18)14-10-15(22)12-16(23)11-14/h2-12H,1H3,(H2,24,25,26,28)/b9-7+. The summed E-state index contributed by atoms with van der Waals surface area (Å²) in [5.41, 5.74) is 2.70. The van der Waals surface area contributed by atoms with E-state index in [1.807, 2.05) is 31.2 Å². The Bertz CT molecular complexity index is 1020. The van der Waals surface area contributed by atoms with Crippen LogP contribution >= 0.6 is 35.4 Å². The Morgan fingerprint density at radius 1 is 1.04 bits per heavy atom. The van der Waals surface area contributed by atoms with E-state index in [2.05, 4.69) is 10.6 Å². The number of rotatable bonds is 4. The van der Waals surface area contributed by atoms with Crippen molar-refractivity contribution in [2.75, 3.05) is 5.32 Å². The van der Waals surface area contributed by atoms with Gasteiger partial charge in [-0.25, -0.2) is 0 Å². The highest BCUT2D eigenvalue weighted by Crippen LogP contribution is 2.28. The van der Waals surface area contributed by atoms with E-state index >= 15 is 0 Å². The van der Waals surface area contributed by atoms with Crippen LogP contribution in [0.1, 0.15) is 11.3 Å². The Hall–Kier alpha value is -2.60. The van der Waals surface area contributed by atoms with Crippen LogP contribution in [0.2, 0.25) is 10.0 Å². The first-order valence-electron chi connectivity index (χ1n) is 8.32. The number of nitrogens with one attached hydrogen (secondary N) is 2. The molecule has 4 nitrogen and oxygen atoms in total. The van der Waals surface area contributed by atoms with Crippen LogP contribution in [0, 0.1) is 6.92 Å². The number of benzene rings is 2. The number of aryl methyl sites for hydroxylation is 1. The third-order valence-corrected chi connectivity index (χ3v) is 4.36. The predicted molar refractivity (Wildman–Crippen MR) is 119 cm³/mol. The van der Waals surface area contributed by atoms with Crippen molar-refractivity contribution in [2.24, 2.45) is 0 Å². The van der Waals surface area contributed by atoms with Gasteiger partial charge in [-0.3, -0.25) is 10.1 Å². The zero-order chi connectivity index (χ0) is 20.1. The Morgan fingerprint density at radius 3 is 2.39 bits per heavy atom. The molecule has 2 N–H and O–H groups in total. The van der Waals surface area contributed by atoms with E-state index in [0.717, 1.165) is 16.8 Å². The normalized spacial score (nSPS) is 10.8. The van der Waals surface area contributed by atoms with E-state index in [4.69, 9.17) is 39.8 Å². The Balaban J connectivity index is 1.59. The highest BCUT2D eigenvalue weighted by molar-refractivity contribution is 7.80. The number of hydrogen-bond donors (Lipinski definition) is 2. The van der Waals surface area contributed by atoms with Gasteiger partial charge in [0.1, 0.15) is 11.5 Å². The van der Waals surface area contributed by atoms with Crippen molar-refractivity contribution in [3.63, 3.8) is 0 Å². The topological polar surface area (TPSA) is 54.3 Å². The van der Waals surface area contributed by atoms with Gasteiger partial charge in [0.15, 0.2) is 5.11 Å². The van der Waals surface area contributed by atoms with Gasteiger partial charge in [0.25, 0.3) is 0 Å². The molecule has 0 radical (unpaired) electrons. The van der Waals surface area contributed by atoms with E-state index in [1.54, 1.807) is 36.4 Å². The van der Waals surface area contributed by atoms with Gasteiger partial charge < -0.3 is 9.73 Å². The molecule has 0 aliphatic heterocycles. The summed E-state index contributed by atoms with van der Waals surface area (Å²) in [5.74, 6) is 0.744. The molecule has 0 aliphatic rings. The number of amides is 1. The summed E-state index contributed by atoms with van der Waals surface area (Å²) in [6, 6.07) is 16.4. The summed E-state index contributed by atoms with van der Waals surface area (Å²) in [4.78, 5) is 12.0. The Labute approximate surface area is 178 Å². The lowest BCUT2D eigenvalue weighted by Gasteiger charge is -2.08. The third kappa shape index (κ3) is 5.70.